The van der Waals surface area contributed by atoms with E-state index in [2.05, 4.69) is 9.80 Å². The highest BCUT2D eigenvalue weighted by molar-refractivity contribution is 5.88. The number of rotatable bonds is 9. The van der Waals surface area contributed by atoms with E-state index in [0.29, 0.717) is 51.2 Å². The molecule has 0 bridgehead atoms. The molecule has 1 aliphatic carbocycles. The average molecular weight is 626 g/mol. The van der Waals surface area contributed by atoms with Crippen LogP contribution in [0.4, 0.5) is 14.5 Å². The van der Waals surface area contributed by atoms with E-state index in [0.717, 1.165) is 42.5 Å². The van der Waals surface area contributed by atoms with Crippen LogP contribution in [-0.2, 0) is 14.3 Å². The van der Waals surface area contributed by atoms with Crippen molar-refractivity contribution in [3.05, 3.63) is 59.4 Å². The van der Waals surface area contributed by atoms with Crippen molar-refractivity contribution in [2.24, 2.45) is 5.92 Å². The zero-order valence-corrected chi connectivity index (χ0v) is 26.3. The Morgan fingerprint density at radius 3 is 2.36 bits per heavy atom. The van der Waals surface area contributed by atoms with E-state index in [9.17, 15) is 19.1 Å². The number of benzene rings is 2. The van der Waals surface area contributed by atoms with Crippen molar-refractivity contribution in [3.63, 3.8) is 0 Å². The Morgan fingerprint density at radius 2 is 1.71 bits per heavy atom. The smallest absolute Gasteiger partial charge is 0.306 e. The lowest BCUT2D eigenvalue weighted by molar-refractivity contribution is -0.146. The first-order valence-corrected chi connectivity index (χ1v) is 16.4. The highest BCUT2D eigenvalue weighted by Gasteiger charge is 2.58. The molecule has 6 rings (SSSR count). The number of carbonyl (C=O) groups excluding carboxylic acids is 1. The zero-order valence-electron chi connectivity index (χ0n) is 26.3. The number of carbonyl (C=O) groups is 2. The van der Waals surface area contributed by atoms with E-state index in [4.69, 9.17) is 9.47 Å². The molecule has 45 heavy (non-hydrogen) atoms. The van der Waals surface area contributed by atoms with Crippen molar-refractivity contribution in [2.45, 2.75) is 74.5 Å². The normalized spacial score (nSPS) is 28.2. The van der Waals surface area contributed by atoms with Crippen LogP contribution in [0.15, 0.2) is 42.5 Å². The maximum atomic E-state index is 17.7. The minimum absolute atomic E-state index is 0.0639. The van der Waals surface area contributed by atoms with Crippen molar-refractivity contribution >= 4 is 17.6 Å². The topological polar surface area (TPSA) is 82.5 Å². The van der Waals surface area contributed by atoms with E-state index in [1.807, 2.05) is 24.3 Å². The van der Waals surface area contributed by atoms with Crippen LogP contribution in [0, 0.1) is 11.7 Å². The van der Waals surface area contributed by atoms with Gasteiger partial charge >= 0.3 is 5.97 Å². The quantitative estimate of drug-likeness (QED) is 0.410. The second kappa shape index (κ2) is 13.2. The first kappa shape index (κ1) is 31.7. The first-order valence-electron chi connectivity index (χ1n) is 16.4. The summed E-state index contributed by atoms with van der Waals surface area (Å²) in [6, 6.07) is 12.1. The number of halogens is 2. The standard InChI is InChI=1S/C35H45F2N3O5/c1-44-21-28-17-25(30-12-9-26(36)18-32(30)38-15-13-24(14-16-38)33(41)42)19-40(28)34(43)35(37)22-39(27-5-3-4-6-27)20-31(35)23-7-10-29(45-2)11-8-23/h7-12,18,24-25,27-28,31H,3-6,13-17,19-22H2,1-2H3,(H,41,42)/t25-,28+,31+,35+/m1/s1. The van der Waals surface area contributed by atoms with Gasteiger partial charge in [0.25, 0.3) is 5.91 Å². The lowest BCUT2D eigenvalue weighted by Crippen LogP contribution is -2.53. The number of hydrogen-bond acceptors (Lipinski definition) is 6. The second-order valence-electron chi connectivity index (χ2n) is 13.4. The average Bonchev–Trinajstić information content (AvgIpc) is 3.81. The Balaban J connectivity index is 1.28. The number of amides is 1. The van der Waals surface area contributed by atoms with Crippen LogP contribution in [0.2, 0.25) is 0 Å². The summed E-state index contributed by atoms with van der Waals surface area (Å²) in [7, 11) is 3.19. The van der Waals surface area contributed by atoms with Gasteiger partial charge in [0.05, 0.1) is 25.7 Å². The van der Waals surface area contributed by atoms with Gasteiger partial charge in [-0.25, -0.2) is 8.78 Å². The molecular formula is C35H45F2N3O5. The monoisotopic (exact) mass is 625 g/mol. The third-order valence-electron chi connectivity index (χ3n) is 10.8. The van der Waals surface area contributed by atoms with E-state index in [-0.39, 0.29) is 37.0 Å². The van der Waals surface area contributed by atoms with Gasteiger partial charge in [0.2, 0.25) is 5.67 Å². The summed E-state index contributed by atoms with van der Waals surface area (Å²) >= 11 is 0. The van der Waals surface area contributed by atoms with Gasteiger partial charge in [-0.1, -0.05) is 31.0 Å². The molecule has 3 heterocycles. The van der Waals surface area contributed by atoms with E-state index in [1.165, 1.54) is 12.1 Å². The fraction of sp³-hybridized carbons (Fsp3) is 0.600. The molecular weight excluding hydrogens is 580 g/mol. The highest BCUT2D eigenvalue weighted by Crippen LogP contribution is 2.46. The predicted molar refractivity (Wildman–Crippen MR) is 167 cm³/mol. The number of carboxylic acid groups (broad SMARTS) is 1. The highest BCUT2D eigenvalue weighted by atomic mass is 19.1. The molecule has 0 aromatic heterocycles. The molecule has 1 amide bonds. The van der Waals surface area contributed by atoms with Gasteiger partial charge in [-0.3, -0.25) is 14.5 Å². The molecule has 244 valence electrons. The summed E-state index contributed by atoms with van der Waals surface area (Å²) in [6.07, 6.45) is 5.84. The third kappa shape index (κ3) is 6.28. The predicted octanol–water partition coefficient (Wildman–Crippen LogP) is 5.22. The summed E-state index contributed by atoms with van der Waals surface area (Å²) < 4.78 is 43.2. The Bertz CT molecular complexity index is 1360. The van der Waals surface area contributed by atoms with Gasteiger partial charge < -0.3 is 24.4 Å². The van der Waals surface area contributed by atoms with Crippen LogP contribution in [0.5, 0.6) is 5.75 Å². The lowest BCUT2D eigenvalue weighted by Gasteiger charge is -2.34. The fourth-order valence-corrected chi connectivity index (χ4v) is 8.30. The van der Waals surface area contributed by atoms with Crippen molar-refractivity contribution in [1.29, 1.82) is 0 Å². The van der Waals surface area contributed by atoms with Crippen LogP contribution >= 0.6 is 0 Å². The molecule has 4 aliphatic rings. The minimum Gasteiger partial charge on any atom is -0.497 e. The van der Waals surface area contributed by atoms with Crippen molar-refractivity contribution in [1.82, 2.24) is 9.80 Å². The van der Waals surface area contributed by atoms with Crippen LogP contribution in [0.1, 0.15) is 67.9 Å². The van der Waals surface area contributed by atoms with Gasteiger partial charge in [-0.15, -0.1) is 0 Å². The molecule has 8 nitrogen and oxygen atoms in total. The van der Waals surface area contributed by atoms with Crippen LogP contribution in [-0.4, -0.2) is 98.1 Å². The van der Waals surface area contributed by atoms with Crippen LogP contribution in [0.25, 0.3) is 0 Å². The number of ether oxygens (including phenoxy) is 2. The summed E-state index contributed by atoms with van der Waals surface area (Å²) in [5, 5.41) is 9.46. The molecule has 0 unspecified atom stereocenters. The summed E-state index contributed by atoms with van der Waals surface area (Å²) in [6.45, 7) is 2.16. The fourth-order valence-electron chi connectivity index (χ4n) is 8.30. The van der Waals surface area contributed by atoms with Gasteiger partial charge in [-0.05, 0) is 67.5 Å². The second-order valence-corrected chi connectivity index (χ2v) is 13.4. The van der Waals surface area contributed by atoms with E-state index >= 15 is 4.39 Å². The molecule has 3 aliphatic heterocycles. The van der Waals surface area contributed by atoms with Crippen LogP contribution < -0.4 is 9.64 Å². The van der Waals surface area contributed by atoms with Gasteiger partial charge in [-0.2, -0.15) is 0 Å². The molecule has 1 saturated carbocycles. The molecule has 0 spiro atoms. The summed E-state index contributed by atoms with van der Waals surface area (Å²) in [5.41, 5.74) is 0.313. The van der Waals surface area contributed by atoms with E-state index < -0.39 is 29.4 Å². The number of aliphatic carboxylic acids is 1. The van der Waals surface area contributed by atoms with Gasteiger partial charge in [0.15, 0.2) is 0 Å². The number of methoxy groups -OCH3 is 2. The molecule has 2 aromatic rings. The Hall–Kier alpha value is -3.24. The molecule has 10 heteroatoms. The number of likely N-dealkylation sites (tertiary alicyclic amines) is 2. The molecule has 4 fully saturated rings. The minimum atomic E-state index is -2.11. The number of carboxylic acids is 1. The Labute approximate surface area is 264 Å². The summed E-state index contributed by atoms with van der Waals surface area (Å²) in [4.78, 5) is 32.0. The number of piperidine rings is 1. The third-order valence-corrected chi connectivity index (χ3v) is 10.8. The molecule has 0 radical (unpaired) electrons. The van der Waals surface area contributed by atoms with Crippen molar-refractivity contribution in [3.8, 4) is 5.75 Å². The van der Waals surface area contributed by atoms with Gasteiger partial charge in [0.1, 0.15) is 11.6 Å². The lowest BCUT2D eigenvalue weighted by atomic mass is 9.85. The van der Waals surface area contributed by atoms with Crippen molar-refractivity contribution < 1.29 is 33.0 Å². The van der Waals surface area contributed by atoms with Gasteiger partial charge in [0, 0.05) is 63.4 Å². The number of hydrogen-bond donors (Lipinski definition) is 1. The van der Waals surface area contributed by atoms with E-state index in [1.54, 1.807) is 25.2 Å². The van der Waals surface area contributed by atoms with Crippen LogP contribution in [0.3, 0.4) is 0 Å². The number of anilines is 1. The largest absolute Gasteiger partial charge is 0.497 e. The Kier molecular flexibility index (Phi) is 9.34. The Morgan fingerprint density at radius 1 is 1.00 bits per heavy atom. The molecule has 2 aromatic carbocycles. The maximum absolute atomic E-state index is 17.7. The molecule has 1 N–H and O–H groups in total. The number of nitrogens with zero attached hydrogens (tertiary/aromatic N) is 3. The zero-order chi connectivity index (χ0) is 31.7. The van der Waals surface area contributed by atoms with Crippen molar-refractivity contribution in [2.75, 3.05) is 58.5 Å². The number of alkyl halides is 1. The molecule has 4 atom stereocenters. The summed E-state index contributed by atoms with van der Waals surface area (Å²) in [5.74, 6) is -2.14. The first-order chi connectivity index (χ1) is 21.7. The SMILES string of the molecule is COC[C@@H]1C[C@@H](c2ccc(F)cc2N2CCC(C(=O)O)CC2)CN1C(=O)[C@]1(F)CN(C2CCCC2)C[C@H]1c1ccc(OC)cc1. The maximum Gasteiger partial charge on any atom is 0.306 e. The molecule has 3 saturated heterocycles.